The van der Waals surface area contributed by atoms with Crippen molar-refractivity contribution in [2.45, 2.75) is 45.4 Å². The van der Waals surface area contributed by atoms with Gasteiger partial charge in [0.1, 0.15) is 0 Å². The van der Waals surface area contributed by atoms with Crippen LogP contribution in [0.2, 0.25) is 0 Å². The molecule has 7 nitrogen and oxygen atoms in total. The maximum Gasteiger partial charge on any atom is 0.328 e. The van der Waals surface area contributed by atoms with Gasteiger partial charge in [0.15, 0.2) is 0 Å². The van der Waals surface area contributed by atoms with Crippen LogP contribution in [0.1, 0.15) is 43.9 Å². The van der Waals surface area contributed by atoms with Gasteiger partial charge in [0.05, 0.1) is 11.9 Å². The van der Waals surface area contributed by atoms with Crippen molar-refractivity contribution in [3.05, 3.63) is 59.2 Å². The van der Waals surface area contributed by atoms with Crippen LogP contribution in [0.15, 0.2) is 42.5 Å². The summed E-state index contributed by atoms with van der Waals surface area (Å²) < 4.78 is 25.2. The molecule has 0 saturated carbocycles. The third kappa shape index (κ3) is 6.07. The van der Waals surface area contributed by atoms with Crippen molar-refractivity contribution in [1.82, 2.24) is 5.32 Å². The number of rotatable bonds is 6. The second-order valence-corrected chi connectivity index (χ2v) is 10.7. The van der Waals surface area contributed by atoms with Crippen LogP contribution in [0.25, 0.3) is 0 Å². The van der Waals surface area contributed by atoms with Crippen LogP contribution < -0.4 is 14.9 Å². The van der Waals surface area contributed by atoms with Crippen LogP contribution in [0, 0.1) is 0 Å². The zero-order chi connectivity index (χ0) is 22.8. The Morgan fingerprint density at radius 3 is 2.23 bits per heavy atom. The highest BCUT2D eigenvalue weighted by atomic mass is 32.2. The Bertz CT molecular complexity index is 1070. The number of benzene rings is 2. The number of sulfonamides is 1. The van der Waals surface area contributed by atoms with Gasteiger partial charge in [0.2, 0.25) is 15.9 Å². The lowest BCUT2D eigenvalue weighted by molar-refractivity contribution is -0.118. The number of imide groups is 1. The van der Waals surface area contributed by atoms with E-state index in [4.69, 9.17) is 0 Å². The van der Waals surface area contributed by atoms with E-state index in [9.17, 15) is 18.0 Å². The van der Waals surface area contributed by atoms with Crippen molar-refractivity contribution in [2.75, 3.05) is 22.4 Å². The normalized spacial score (nSPS) is 15.0. The van der Waals surface area contributed by atoms with Crippen LogP contribution >= 0.6 is 0 Å². The predicted octanol–water partition coefficient (Wildman–Crippen LogP) is 3.59. The molecule has 0 spiro atoms. The fourth-order valence-corrected chi connectivity index (χ4v) is 4.03. The zero-order valence-corrected chi connectivity index (χ0v) is 19.2. The van der Waals surface area contributed by atoms with Crippen molar-refractivity contribution in [1.29, 1.82) is 0 Å². The molecule has 2 N–H and O–H groups in total. The summed E-state index contributed by atoms with van der Waals surface area (Å²) in [6.45, 7) is 6.66. The third-order valence-electron chi connectivity index (χ3n) is 5.13. The summed E-state index contributed by atoms with van der Waals surface area (Å²) in [6, 6.07) is 12.8. The lowest BCUT2D eigenvalue weighted by atomic mass is 9.85. The molecule has 0 atom stereocenters. The number of anilines is 2. The molecule has 1 fully saturated rings. The SMILES string of the molecule is CC(C)(C)c1cc(CCc2ccc(NS(C)(=O)=O)cc2)cc(N2C(=O)CCNC2=O)c1. The van der Waals surface area contributed by atoms with Gasteiger partial charge in [0, 0.05) is 18.7 Å². The Balaban J connectivity index is 1.83. The van der Waals surface area contributed by atoms with E-state index in [-0.39, 0.29) is 23.8 Å². The molecule has 0 radical (unpaired) electrons. The average molecular weight is 444 g/mol. The Kier molecular flexibility index (Phi) is 6.40. The smallest absolute Gasteiger partial charge is 0.328 e. The van der Waals surface area contributed by atoms with Gasteiger partial charge in [0.25, 0.3) is 0 Å². The monoisotopic (exact) mass is 443 g/mol. The van der Waals surface area contributed by atoms with Gasteiger partial charge >= 0.3 is 6.03 Å². The Labute approximate surface area is 183 Å². The molecule has 0 aliphatic carbocycles. The standard InChI is InChI=1S/C23H29N3O4S/c1-23(2,3)18-13-17(14-20(15-18)26-21(27)11-12-24-22(26)28)6-5-16-7-9-19(10-8-16)25-31(4,29)30/h7-10,13-15,25H,5-6,11-12H2,1-4H3,(H,24,28). The molecule has 3 amide bonds. The minimum Gasteiger partial charge on any atom is -0.337 e. The molecule has 1 aliphatic rings. The van der Waals surface area contributed by atoms with Crippen molar-refractivity contribution < 1.29 is 18.0 Å². The van der Waals surface area contributed by atoms with E-state index >= 15 is 0 Å². The van der Waals surface area contributed by atoms with Crippen molar-refractivity contribution in [3.8, 4) is 0 Å². The molecule has 31 heavy (non-hydrogen) atoms. The van der Waals surface area contributed by atoms with Gasteiger partial charge in [-0.15, -0.1) is 0 Å². The second-order valence-electron chi connectivity index (χ2n) is 8.92. The summed E-state index contributed by atoms with van der Waals surface area (Å²) in [7, 11) is -3.30. The molecule has 1 heterocycles. The highest BCUT2D eigenvalue weighted by molar-refractivity contribution is 7.92. The molecular formula is C23H29N3O4S. The molecule has 1 aliphatic heterocycles. The van der Waals surface area contributed by atoms with E-state index in [2.05, 4.69) is 36.9 Å². The largest absolute Gasteiger partial charge is 0.337 e. The van der Waals surface area contributed by atoms with E-state index in [1.807, 2.05) is 24.3 Å². The van der Waals surface area contributed by atoms with E-state index in [1.54, 1.807) is 12.1 Å². The number of nitrogens with zero attached hydrogens (tertiary/aromatic N) is 1. The lowest BCUT2D eigenvalue weighted by Crippen LogP contribution is -2.50. The number of carbonyl (C=O) groups is 2. The van der Waals surface area contributed by atoms with E-state index in [0.717, 1.165) is 35.8 Å². The summed E-state index contributed by atoms with van der Waals surface area (Å²) in [5.74, 6) is -0.199. The van der Waals surface area contributed by atoms with Gasteiger partial charge in [-0.2, -0.15) is 0 Å². The number of carbonyl (C=O) groups excluding carboxylic acids is 2. The molecule has 8 heteroatoms. The number of hydrogen-bond donors (Lipinski definition) is 2. The van der Waals surface area contributed by atoms with E-state index < -0.39 is 10.0 Å². The fraction of sp³-hybridized carbons (Fsp3) is 0.391. The molecule has 166 valence electrons. The Hall–Kier alpha value is -2.87. The first-order chi connectivity index (χ1) is 14.4. The molecule has 0 aromatic heterocycles. The van der Waals surface area contributed by atoms with Gasteiger partial charge in [-0.25, -0.2) is 18.1 Å². The summed E-state index contributed by atoms with van der Waals surface area (Å²) >= 11 is 0. The molecule has 0 unspecified atom stereocenters. The van der Waals surface area contributed by atoms with Gasteiger partial charge in [-0.05, 0) is 59.2 Å². The maximum atomic E-state index is 12.4. The van der Waals surface area contributed by atoms with Crippen LogP contribution in [-0.2, 0) is 33.1 Å². The summed E-state index contributed by atoms with van der Waals surface area (Å²) in [5.41, 5.74) is 4.13. The van der Waals surface area contributed by atoms with Crippen LogP contribution in [0.4, 0.5) is 16.2 Å². The Morgan fingerprint density at radius 1 is 1.00 bits per heavy atom. The van der Waals surface area contributed by atoms with Gasteiger partial charge in [-0.3, -0.25) is 9.52 Å². The highest BCUT2D eigenvalue weighted by Gasteiger charge is 2.28. The predicted molar refractivity (Wildman–Crippen MR) is 123 cm³/mol. The topological polar surface area (TPSA) is 95.6 Å². The number of amides is 3. The quantitative estimate of drug-likeness (QED) is 0.713. The highest BCUT2D eigenvalue weighted by Crippen LogP contribution is 2.30. The first kappa shape index (κ1) is 22.8. The molecule has 2 aromatic rings. The maximum absolute atomic E-state index is 12.4. The molecule has 1 saturated heterocycles. The zero-order valence-electron chi connectivity index (χ0n) is 18.4. The Morgan fingerprint density at radius 2 is 1.65 bits per heavy atom. The number of aryl methyl sites for hydroxylation is 2. The number of hydrogen-bond acceptors (Lipinski definition) is 4. The minimum absolute atomic E-state index is 0.140. The van der Waals surface area contributed by atoms with E-state index in [1.165, 1.54) is 4.90 Å². The summed E-state index contributed by atoms with van der Waals surface area (Å²) in [6.07, 6.45) is 2.87. The van der Waals surface area contributed by atoms with Crippen LogP contribution in [-0.4, -0.2) is 33.2 Å². The van der Waals surface area contributed by atoms with E-state index in [0.29, 0.717) is 17.9 Å². The fourth-order valence-electron chi connectivity index (χ4n) is 3.46. The van der Waals surface area contributed by atoms with Crippen molar-refractivity contribution >= 4 is 33.3 Å². The number of urea groups is 1. The molecule has 2 aromatic carbocycles. The van der Waals surface area contributed by atoms with Crippen molar-refractivity contribution in [2.24, 2.45) is 0 Å². The summed E-state index contributed by atoms with van der Waals surface area (Å²) in [5, 5.41) is 2.74. The first-order valence-electron chi connectivity index (χ1n) is 10.2. The molecule has 0 bridgehead atoms. The molecule has 3 rings (SSSR count). The number of nitrogens with one attached hydrogen (secondary N) is 2. The van der Waals surface area contributed by atoms with Gasteiger partial charge < -0.3 is 5.32 Å². The van der Waals surface area contributed by atoms with Crippen molar-refractivity contribution in [3.63, 3.8) is 0 Å². The lowest BCUT2D eigenvalue weighted by Gasteiger charge is -2.28. The first-order valence-corrected chi connectivity index (χ1v) is 12.1. The van der Waals surface area contributed by atoms with Crippen LogP contribution in [0.5, 0.6) is 0 Å². The average Bonchev–Trinajstić information content (AvgIpc) is 2.65. The van der Waals surface area contributed by atoms with Gasteiger partial charge in [-0.1, -0.05) is 39.0 Å². The second kappa shape index (κ2) is 8.70. The summed E-state index contributed by atoms with van der Waals surface area (Å²) in [4.78, 5) is 26.0. The third-order valence-corrected chi connectivity index (χ3v) is 5.74. The minimum atomic E-state index is -3.30. The molecular weight excluding hydrogens is 414 g/mol. The van der Waals surface area contributed by atoms with Crippen LogP contribution in [0.3, 0.4) is 0 Å².